The number of carboxylic acids is 1. The number of benzene rings is 1. The molecule has 0 aliphatic heterocycles. The van der Waals surface area contributed by atoms with Crippen LogP contribution in [-0.4, -0.2) is 18.2 Å². The van der Waals surface area contributed by atoms with Crippen molar-refractivity contribution in [2.75, 3.05) is 7.11 Å². The van der Waals surface area contributed by atoms with E-state index in [4.69, 9.17) is 5.11 Å². The predicted molar refractivity (Wildman–Crippen MR) is 41.0 cm³/mol. The molecular weight excluding hydrogens is 170 g/mol. The molecule has 0 radical (unpaired) electrons. The Morgan fingerprint density at radius 2 is 2.23 bits per heavy atom. The third-order valence-corrected chi connectivity index (χ3v) is 1.41. The van der Waals surface area contributed by atoms with Crippen molar-refractivity contribution in [1.82, 2.24) is 0 Å². The Hall–Kier alpha value is -0.983. The minimum atomic E-state index is -1.33. The Balaban J connectivity index is 0. The van der Waals surface area contributed by atoms with Gasteiger partial charge in [-0.1, -0.05) is 6.07 Å². The van der Waals surface area contributed by atoms with Gasteiger partial charge >= 0.3 is 24.8 Å². The van der Waals surface area contributed by atoms with E-state index in [1.54, 1.807) is 0 Å². The first kappa shape index (κ1) is 12.0. The van der Waals surface area contributed by atoms with E-state index in [0.717, 1.165) is 6.07 Å². The maximum absolute atomic E-state index is 12.8. The fourth-order valence-electron chi connectivity index (χ4n) is 0.882. The number of rotatable bonds is 2. The number of ether oxygens (including phenoxy) is 1. The summed E-state index contributed by atoms with van der Waals surface area (Å²) in [6, 6.07) is 3.86. The molecule has 0 aromatic heterocycles. The summed E-state index contributed by atoms with van der Waals surface area (Å²) in [4.78, 5) is 10.5. The van der Waals surface area contributed by atoms with Gasteiger partial charge in [-0.05, 0) is 12.1 Å². The molecule has 1 N–H and O–H groups in total. The summed E-state index contributed by atoms with van der Waals surface area (Å²) >= 11 is 0. The molecule has 0 spiro atoms. The molecule has 66 valence electrons. The van der Waals surface area contributed by atoms with Gasteiger partial charge in [-0.3, -0.25) is 0 Å². The average molecular weight is 178 g/mol. The van der Waals surface area contributed by atoms with Crippen LogP contribution in [0.2, 0.25) is 0 Å². The largest absolute Gasteiger partial charge is 1.00 e. The van der Waals surface area contributed by atoms with Gasteiger partial charge in [0.1, 0.15) is 17.1 Å². The Kier molecular flexibility index (Phi) is 4.53. The summed E-state index contributed by atoms with van der Waals surface area (Å²) in [6.45, 7) is 0. The number of carboxylic acid groups (broad SMARTS) is 1. The standard InChI is InChI=1S/C8H7FO3.Li.H/c1-12-6-4-2-3-5(9)7(6)8(10)11;;/h2-4H,1H3,(H,10,11);;/q;+1;-1. The number of hydrogen-bond acceptors (Lipinski definition) is 2. The van der Waals surface area contributed by atoms with Crippen molar-refractivity contribution in [3.63, 3.8) is 0 Å². The van der Waals surface area contributed by atoms with Gasteiger partial charge in [0.25, 0.3) is 0 Å². The van der Waals surface area contributed by atoms with Gasteiger partial charge in [0.05, 0.1) is 7.11 Å². The summed E-state index contributed by atoms with van der Waals surface area (Å²) < 4.78 is 17.5. The van der Waals surface area contributed by atoms with Crippen molar-refractivity contribution in [1.29, 1.82) is 0 Å². The minimum absolute atomic E-state index is 0. The van der Waals surface area contributed by atoms with Crippen LogP contribution in [0.4, 0.5) is 4.39 Å². The summed E-state index contributed by atoms with van der Waals surface area (Å²) in [5.41, 5.74) is -0.431. The summed E-state index contributed by atoms with van der Waals surface area (Å²) in [7, 11) is 1.29. The first-order valence-electron chi connectivity index (χ1n) is 3.22. The molecule has 0 bridgehead atoms. The van der Waals surface area contributed by atoms with E-state index in [9.17, 15) is 9.18 Å². The van der Waals surface area contributed by atoms with Crippen molar-refractivity contribution in [3.8, 4) is 5.75 Å². The molecule has 13 heavy (non-hydrogen) atoms. The van der Waals surface area contributed by atoms with E-state index in [0.29, 0.717) is 0 Å². The van der Waals surface area contributed by atoms with Crippen LogP contribution in [0, 0.1) is 5.82 Å². The van der Waals surface area contributed by atoms with Crippen molar-refractivity contribution >= 4 is 5.97 Å². The number of hydrogen-bond donors (Lipinski definition) is 1. The molecule has 0 heterocycles. The molecule has 1 aromatic rings. The van der Waals surface area contributed by atoms with Crippen molar-refractivity contribution in [2.45, 2.75) is 0 Å². The van der Waals surface area contributed by atoms with Crippen molar-refractivity contribution in [2.24, 2.45) is 0 Å². The zero-order valence-corrected chi connectivity index (χ0v) is 7.37. The summed E-state index contributed by atoms with van der Waals surface area (Å²) in [5.74, 6) is -2.09. The van der Waals surface area contributed by atoms with E-state index in [1.165, 1.54) is 19.2 Å². The van der Waals surface area contributed by atoms with E-state index >= 15 is 0 Å². The monoisotopic (exact) mass is 178 g/mol. The zero-order valence-electron chi connectivity index (χ0n) is 8.37. The van der Waals surface area contributed by atoms with E-state index < -0.39 is 17.3 Å². The van der Waals surface area contributed by atoms with Crippen LogP contribution in [0.25, 0.3) is 0 Å². The van der Waals surface area contributed by atoms with E-state index in [2.05, 4.69) is 4.74 Å². The molecule has 0 fully saturated rings. The maximum Gasteiger partial charge on any atom is 1.00 e. The van der Waals surface area contributed by atoms with E-state index in [-0.39, 0.29) is 26.0 Å². The average Bonchev–Trinajstić information content (AvgIpc) is 2.03. The van der Waals surface area contributed by atoms with Crippen LogP contribution in [0.5, 0.6) is 5.75 Å². The number of methoxy groups -OCH3 is 1. The van der Waals surface area contributed by atoms with Crippen molar-refractivity contribution < 1.29 is 39.3 Å². The van der Waals surface area contributed by atoms with Gasteiger partial charge in [0, 0.05) is 0 Å². The molecule has 0 saturated carbocycles. The Morgan fingerprint density at radius 3 is 2.62 bits per heavy atom. The van der Waals surface area contributed by atoms with Gasteiger partial charge in [-0.25, -0.2) is 9.18 Å². The molecule has 0 aliphatic rings. The molecule has 0 amide bonds. The van der Waals surface area contributed by atoms with Gasteiger partial charge < -0.3 is 11.3 Å². The first-order valence-corrected chi connectivity index (χ1v) is 3.22. The van der Waals surface area contributed by atoms with Crippen LogP contribution in [0.15, 0.2) is 18.2 Å². The zero-order chi connectivity index (χ0) is 9.14. The van der Waals surface area contributed by atoms with Crippen LogP contribution >= 0.6 is 0 Å². The number of aromatic carboxylic acids is 1. The Morgan fingerprint density at radius 1 is 1.62 bits per heavy atom. The third-order valence-electron chi connectivity index (χ3n) is 1.41. The second-order valence-corrected chi connectivity index (χ2v) is 2.12. The number of halogens is 1. The normalized spacial score (nSPS) is 8.77. The molecule has 5 heteroatoms. The smallest absolute Gasteiger partial charge is 1.00 e. The molecule has 1 aromatic carbocycles. The Labute approximate surface area is 88.2 Å². The van der Waals surface area contributed by atoms with Gasteiger partial charge in [0.2, 0.25) is 0 Å². The summed E-state index contributed by atoms with van der Waals surface area (Å²) in [5, 5.41) is 8.56. The maximum atomic E-state index is 12.8. The predicted octanol–water partition coefficient (Wildman–Crippen LogP) is -1.35. The summed E-state index contributed by atoms with van der Waals surface area (Å²) in [6.07, 6.45) is 0. The molecule has 0 aliphatic carbocycles. The number of carbonyl (C=O) groups is 1. The second-order valence-electron chi connectivity index (χ2n) is 2.12. The molecule has 0 unspecified atom stereocenters. The Bertz CT molecular complexity index is 319. The van der Waals surface area contributed by atoms with Crippen LogP contribution < -0.4 is 23.6 Å². The van der Waals surface area contributed by atoms with E-state index in [1.807, 2.05) is 0 Å². The van der Waals surface area contributed by atoms with Crippen LogP contribution in [0.1, 0.15) is 11.8 Å². The SMILES string of the molecule is COc1cccc(F)c1C(=O)O.[H-].[Li+]. The fourth-order valence-corrected chi connectivity index (χ4v) is 0.882. The van der Waals surface area contributed by atoms with Gasteiger partial charge in [-0.15, -0.1) is 0 Å². The quantitative estimate of drug-likeness (QED) is 0.569. The minimum Gasteiger partial charge on any atom is -1.00 e. The molecule has 1 rings (SSSR count). The van der Waals surface area contributed by atoms with Gasteiger partial charge in [-0.2, -0.15) is 0 Å². The van der Waals surface area contributed by atoms with Crippen LogP contribution in [0.3, 0.4) is 0 Å². The molecular formula is C8H8FLiO3. The third kappa shape index (κ3) is 2.48. The van der Waals surface area contributed by atoms with Gasteiger partial charge in [0.15, 0.2) is 0 Å². The first-order chi connectivity index (χ1) is 5.66. The second kappa shape index (κ2) is 4.90. The molecule has 3 nitrogen and oxygen atoms in total. The topological polar surface area (TPSA) is 46.5 Å². The van der Waals surface area contributed by atoms with Crippen molar-refractivity contribution in [3.05, 3.63) is 29.6 Å². The fraction of sp³-hybridized carbons (Fsp3) is 0.125. The van der Waals surface area contributed by atoms with Crippen LogP contribution in [-0.2, 0) is 0 Å². The molecule has 0 atom stereocenters. The molecule has 0 saturated heterocycles.